The van der Waals surface area contributed by atoms with Crippen LogP contribution in [0.3, 0.4) is 0 Å². The van der Waals surface area contributed by atoms with Gasteiger partial charge in [-0.15, -0.1) is 5.10 Å². The summed E-state index contributed by atoms with van der Waals surface area (Å²) in [6.45, 7) is 0. The summed E-state index contributed by atoms with van der Waals surface area (Å²) in [6.07, 6.45) is 3.56. The number of hydrogen-bond acceptors (Lipinski definition) is 5. The molecule has 1 heterocycles. The zero-order valence-electron chi connectivity index (χ0n) is 13.2. The molecule has 1 saturated carbocycles. The first-order chi connectivity index (χ1) is 12.0. The molecule has 10 heteroatoms. The zero-order chi connectivity index (χ0) is 17.8. The van der Waals surface area contributed by atoms with E-state index in [1.807, 2.05) is 0 Å². The fourth-order valence-corrected chi connectivity index (χ4v) is 2.86. The molecule has 0 unspecified atom stereocenters. The minimum Gasteiger partial charge on any atom is -0.481 e. The molecule has 0 saturated heterocycles. The van der Waals surface area contributed by atoms with Gasteiger partial charge in [0.15, 0.2) is 0 Å². The Kier molecular flexibility index (Phi) is 4.87. The van der Waals surface area contributed by atoms with Gasteiger partial charge < -0.3 is 15.7 Å². The van der Waals surface area contributed by atoms with Crippen LogP contribution in [-0.4, -0.2) is 43.4 Å². The molecule has 25 heavy (non-hydrogen) atoms. The van der Waals surface area contributed by atoms with Gasteiger partial charge in [0.05, 0.1) is 17.3 Å². The SMILES string of the molecule is O=C(Nc1cc(-n2cnnn2)ccc1F)NC1CCC(C(=O)O)CC1. The highest BCUT2D eigenvalue weighted by Gasteiger charge is 2.26. The number of urea groups is 1. The van der Waals surface area contributed by atoms with Crippen LogP contribution in [0.1, 0.15) is 25.7 Å². The van der Waals surface area contributed by atoms with Gasteiger partial charge in [0.25, 0.3) is 0 Å². The molecule has 9 nitrogen and oxygen atoms in total. The third-order valence-corrected chi connectivity index (χ3v) is 4.22. The number of aliphatic carboxylic acids is 1. The zero-order valence-corrected chi connectivity index (χ0v) is 13.2. The summed E-state index contributed by atoms with van der Waals surface area (Å²) in [5.41, 5.74) is 0.508. The molecule has 1 aliphatic rings. The molecule has 132 valence electrons. The highest BCUT2D eigenvalue weighted by molar-refractivity contribution is 5.90. The molecule has 0 aliphatic heterocycles. The van der Waals surface area contributed by atoms with Crippen LogP contribution in [0.4, 0.5) is 14.9 Å². The fraction of sp³-hybridized carbons (Fsp3) is 0.400. The van der Waals surface area contributed by atoms with Crippen LogP contribution in [0.2, 0.25) is 0 Å². The Bertz CT molecular complexity index is 759. The van der Waals surface area contributed by atoms with Crippen molar-refractivity contribution in [3.8, 4) is 5.69 Å². The van der Waals surface area contributed by atoms with E-state index in [1.165, 1.54) is 29.2 Å². The first-order valence-corrected chi connectivity index (χ1v) is 7.86. The Morgan fingerprint density at radius 2 is 2.00 bits per heavy atom. The second-order valence-corrected chi connectivity index (χ2v) is 5.90. The number of halogens is 1. The lowest BCUT2D eigenvalue weighted by Crippen LogP contribution is -2.41. The van der Waals surface area contributed by atoms with Crippen molar-refractivity contribution in [1.29, 1.82) is 0 Å². The molecule has 0 radical (unpaired) electrons. The van der Waals surface area contributed by atoms with Crippen LogP contribution in [-0.2, 0) is 4.79 Å². The molecule has 0 spiro atoms. The largest absolute Gasteiger partial charge is 0.481 e. The van der Waals surface area contributed by atoms with Crippen LogP contribution >= 0.6 is 0 Å². The molecule has 2 aromatic rings. The molecule has 3 rings (SSSR count). The third kappa shape index (κ3) is 4.08. The Hall–Kier alpha value is -3.04. The lowest BCUT2D eigenvalue weighted by Gasteiger charge is -2.26. The van der Waals surface area contributed by atoms with Gasteiger partial charge in [-0.05, 0) is 54.3 Å². The van der Waals surface area contributed by atoms with E-state index in [-0.39, 0.29) is 17.6 Å². The van der Waals surface area contributed by atoms with Crippen molar-refractivity contribution in [2.75, 3.05) is 5.32 Å². The van der Waals surface area contributed by atoms with Crippen LogP contribution in [0, 0.1) is 11.7 Å². The van der Waals surface area contributed by atoms with E-state index in [0.29, 0.717) is 31.4 Å². The molecule has 2 amide bonds. The van der Waals surface area contributed by atoms with E-state index in [2.05, 4.69) is 26.2 Å². The van der Waals surface area contributed by atoms with Crippen molar-refractivity contribution in [3.63, 3.8) is 0 Å². The average molecular weight is 348 g/mol. The van der Waals surface area contributed by atoms with Gasteiger partial charge >= 0.3 is 12.0 Å². The number of anilines is 1. The van der Waals surface area contributed by atoms with Crippen LogP contribution in [0.25, 0.3) is 5.69 Å². The monoisotopic (exact) mass is 348 g/mol. The Morgan fingerprint density at radius 3 is 2.64 bits per heavy atom. The summed E-state index contributed by atoms with van der Waals surface area (Å²) >= 11 is 0. The standard InChI is InChI=1S/C15H17FN6O3/c16-12-6-5-11(22-8-17-20-21-22)7-13(12)19-15(25)18-10-3-1-9(2-4-10)14(23)24/h5-10H,1-4H2,(H,23,24)(H2,18,19,25). The van der Waals surface area contributed by atoms with Gasteiger partial charge in [-0.2, -0.15) is 0 Å². The van der Waals surface area contributed by atoms with Crippen molar-refractivity contribution in [3.05, 3.63) is 30.3 Å². The molecule has 1 aromatic carbocycles. The van der Waals surface area contributed by atoms with E-state index in [1.54, 1.807) is 0 Å². The number of nitrogens with one attached hydrogen (secondary N) is 2. The molecule has 0 bridgehead atoms. The van der Waals surface area contributed by atoms with Gasteiger partial charge in [-0.25, -0.2) is 13.9 Å². The fourth-order valence-electron chi connectivity index (χ4n) is 2.86. The molecule has 1 aromatic heterocycles. The van der Waals surface area contributed by atoms with Crippen LogP contribution in [0.15, 0.2) is 24.5 Å². The number of carbonyl (C=O) groups excluding carboxylic acids is 1. The Balaban J connectivity index is 1.60. The first-order valence-electron chi connectivity index (χ1n) is 7.86. The van der Waals surface area contributed by atoms with Gasteiger partial charge in [-0.3, -0.25) is 4.79 Å². The maximum Gasteiger partial charge on any atom is 0.319 e. The number of nitrogens with zero attached hydrogens (tertiary/aromatic N) is 4. The van der Waals surface area contributed by atoms with Crippen molar-refractivity contribution in [2.45, 2.75) is 31.7 Å². The Labute approximate surface area is 142 Å². The molecule has 1 fully saturated rings. The number of tetrazole rings is 1. The summed E-state index contributed by atoms with van der Waals surface area (Å²) in [4.78, 5) is 23.0. The number of hydrogen-bond donors (Lipinski definition) is 3. The maximum atomic E-state index is 13.9. The van der Waals surface area contributed by atoms with Crippen molar-refractivity contribution >= 4 is 17.7 Å². The lowest BCUT2D eigenvalue weighted by atomic mass is 9.86. The topological polar surface area (TPSA) is 122 Å². The average Bonchev–Trinajstić information content (AvgIpc) is 3.12. The Morgan fingerprint density at radius 1 is 1.24 bits per heavy atom. The summed E-state index contributed by atoms with van der Waals surface area (Å²) < 4.78 is 15.3. The second-order valence-electron chi connectivity index (χ2n) is 5.90. The van der Waals surface area contributed by atoms with E-state index < -0.39 is 17.8 Å². The minimum absolute atomic E-state index is 0.00437. The van der Waals surface area contributed by atoms with Gasteiger partial charge in [-0.1, -0.05) is 0 Å². The molecular weight excluding hydrogens is 331 g/mol. The highest BCUT2D eigenvalue weighted by Crippen LogP contribution is 2.24. The summed E-state index contributed by atoms with van der Waals surface area (Å²) in [6, 6.07) is 3.46. The molecule has 3 N–H and O–H groups in total. The number of carbonyl (C=O) groups is 2. The summed E-state index contributed by atoms with van der Waals surface area (Å²) in [7, 11) is 0. The maximum absolute atomic E-state index is 13.9. The van der Waals surface area contributed by atoms with Crippen molar-refractivity contribution in [1.82, 2.24) is 25.5 Å². The molecular formula is C15H17FN6O3. The van der Waals surface area contributed by atoms with Gasteiger partial charge in [0.2, 0.25) is 0 Å². The van der Waals surface area contributed by atoms with E-state index >= 15 is 0 Å². The third-order valence-electron chi connectivity index (χ3n) is 4.22. The number of carboxylic acid groups (broad SMARTS) is 1. The minimum atomic E-state index is -0.801. The summed E-state index contributed by atoms with van der Waals surface area (Å²) in [5.74, 6) is -1.74. The smallest absolute Gasteiger partial charge is 0.319 e. The summed E-state index contributed by atoms with van der Waals surface area (Å²) in [5, 5.41) is 24.9. The number of benzene rings is 1. The van der Waals surface area contributed by atoms with Crippen LogP contribution in [0.5, 0.6) is 0 Å². The van der Waals surface area contributed by atoms with Crippen molar-refractivity contribution < 1.29 is 19.1 Å². The predicted molar refractivity (Wildman–Crippen MR) is 84.6 cm³/mol. The number of aromatic nitrogens is 4. The number of amides is 2. The second kappa shape index (κ2) is 7.24. The molecule has 1 aliphatic carbocycles. The van der Waals surface area contributed by atoms with E-state index in [4.69, 9.17) is 5.11 Å². The van der Waals surface area contributed by atoms with Crippen LogP contribution < -0.4 is 10.6 Å². The number of rotatable bonds is 4. The van der Waals surface area contributed by atoms with E-state index in [9.17, 15) is 14.0 Å². The molecule has 0 atom stereocenters. The quantitative estimate of drug-likeness (QED) is 0.771. The predicted octanol–water partition coefficient (Wildman–Crippen LogP) is 1.57. The van der Waals surface area contributed by atoms with Crippen molar-refractivity contribution in [2.24, 2.45) is 5.92 Å². The van der Waals surface area contributed by atoms with Gasteiger partial charge in [0, 0.05) is 6.04 Å². The highest BCUT2D eigenvalue weighted by atomic mass is 19.1. The number of carboxylic acids is 1. The first kappa shape index (κ1) is 16.8. The normalized spacial score (nSPS) is 20.0. The van der Waals surface area contributed by atoms with Gasteiger partial charge in [0.1, 0.15) is 12.1 Å². The lowest BCUT2D eigenvalue weighted by molar-refractivity contribution is -0.142. The van der Waals surface area contributed by atoms with E-state index in [0.717, 1.165) is 0 Å².